The Morgan fingerprint density at radius 2 is 1.94 bits per heavy atom. The molecule has 0 radical (unpaired) electrons. The van der Waals surface area contributed by atoms with Gasteiger partial charge in [-0.1, -0.05) is 0 Å². The van der Waals surface area contributed by atoms with Gasteiger partial charge in [-0.15, -0.1) is 0 Å². The summed E-state index contributed by atoms with van der Waals surface area (Å²) in [5.74, 6) is -0.644. The number of esters is 1. The minimum Gasteiger partial charge on any atom is -0.449 e. The number of nitriles is 1. The van der Waals surface area contributed by atoms with Crippen molar-refractivity contribution in [2.75, 3.05) is 20.2 Å². The van der Waals surface area contributed by atoms with Crippen LogP contribution in [0.5, 0.6) is 0 Å². The van der Waals surface area contributed by atoms with E-state index < -0.39 is 17.7 Å². The fourth-order valence-electron chi connectivity index (χ4n) is 0.756. The number of carbonyl (C=O) groups excluding carboxylic acids is 2. The second kappa shape index (κ2) is 5.95. The van der Waals surface area contributed by atoms with E-state index in [0.717, 1.165) is 4.90 Å². The maximum absolute atomic E-state index is 11.4. The molecule has 0 aliphatic carbocycles. The summed E-state index contributed by atoms with van der Waals surface area (Å²) in [6.07, 6.45) is -0.610. The zero-order valence-corrected chi connectivity index (χ0v) is 9.94. The highest BCUT2D eigenvalue weighted by atomic mass is 16.6. The zero-order chi connectivity index (χ0) is 12.8. The molecule has 90 valence electrons. The van der Waals surface area contributed by atoms with Crippen LogP contribution in [-0.4, -0.2) is 42.8 Å². The lowest BCUT2D eigenvalue weighted by Gasteiger charge is -2.23. The van der Waals surface area contributed by atoms with Gasteiger partial charge >= 0.3 is 12.1 Å². The highest BCUT2D eigenvalue weighted by Gasteiger charge is 2.21. The van der Waals surface area contributed by atoms with Crippen LogP contribution in [0.2, 0.25) is 0 Å². The van der Waals surface area contributed by atoms with Crippen LogP contribution in [-0.2, 0) is 14.3 Å². The van der Waals surface area contributed by atoms with Crippen LogP contribution >= 0.6 is 0 Å². The number of amides is 1. The van der Waals surface area contributed by atoms with Gasteiger partial charge in [-0.2, -0.15) is 5.26 Å². The van der Waals surface area contributed by atoms with Gasteiger partial charge < -0.3 is 14.4 Å². The average molecular weight is 228 g/mol. The minimum absolute atomic E-state index is 0.239. The molecule has 0 bridgehead atoms. The zero-order valence-electron chi connectivity index (χ0n) is 9.94. The Morgan fingerprint density at radius 3 is 2.38 bits per heavy atom. The Kier molecular flexibility index (Phi) is 5.30. The Labute approximate surface area is 94.7 Å². The number of nitrogens with zero attached hydrogens (tertiary/aromatic N) is 2. The number of carbonyl (C=O) groups is 2. The van der Waals surface area contributed by atoms with Gasteiger partial charge in [0.05, 0.1) is 0 Å². The summed E-state index contributed by atoms with van der Waals surface area (Å²) < 4.78 is 9.51. The molecule has 1 amide bonds. The molecule has 0 aromatic heterocycles. The highest BCUT2D eigenvalue weighted by Crippen LogP contribution is 2.08. The molecule has 0 heterocycles. The van der Waals surface area contributed by atoms with E-state index in [4.69, 9.17) is 10.00 Å². The predicted molar refractivity (Wildman–Crippen MR) is 55.4 cm³/mol. The van der Waals surface area contributed by atoms with Crippen LogP contribution in [0.3, 0.4) is 0 Å². The standard InChI is InChI=1S/C10H16N2O4/c1-10(2,3)16-9(14)12(4)7-8(13)15-6-5-11/h6-7H2,1-4H3. The van der Waals surface area contributed by atoms with Crippen LogP contribution < -0.4 is 0 Å². The Morgan fingerprint density at radius 1 is 1.38 bits per heavy atom. The average Bonchev–Trinajstić information content (AvgIpc) is 2.11. The first kappa shape index (κ1) is 14.2. The molecule has 0 saturated heterocycles. The summed E-state index contributed by atoms with van der Waals surface area (Å²) in [4.78, 5) is 23.5. The van der Waals surface area contributed by atoms with E-state index in [2.05, 4.69) is 4.74 Å². The number of hydrogen-bond acceptors (Lipinski definition) is 5. The second-order valence-corrected chi connectivity index (χ2v) is 4.16. The molecule has 0 spiro atoms. The molecule has 0 N–H and O–H groups in total. The van der Waals surface area contributed by atoms with Crippen molar-refractivity contribution in [3.63, 3.8) is 0 Å². The summed E-state index contributed by atoms with van der Waals surface area (Å²) in [5.41, 5.74) is -0.609. The van der Waals surface area contributed by atoms with E-state index in [1.807, 2.05) is 0 Å². The third-order valence-corrected chi connectivity index (χ3v) is 1.37. The Bertz CT molecular complexity index is 301. The maximum Gasteiger partial charge on any atom is 0.410 e. The van der Waals surface area contributed by atoms with Gasteiger partial charge in [-0.05, 0) is 20.8 Å². The van der Waals surface area contributed by atoms with Crippen molar-refractivity contribution in [3.8, 4) is 6.07 Å². The van der Waals surface area contributed by atoms with Crippen molar-refractivity contribution in [1.82, 2.24) is 4.90 Å². The summed E-state index contributed by atoms with van der Waals surface area (Å²) >= 11 is 0. The molecule has 0 rings (SSSR count). The van der Waals surface area contributed by atoms with Crippen molar-refractivity contribution < 1.29 is 19.1 Å². The van der Waals surface area contributed by atoms with Crippen molar-refractivity contribution in [3.05, 3.63) is 0 Å². The quantitative estimate of drug-likeness (QED) is 0.671. The highest BCUT2D eigenvalue weighted by molar-refractivity contribution is 5.78. The largest absolute Gasteiger partial charge is 0.449 e. The molecule has 0 saturated carbocycles. The number of likely N-dealkylation sites (N-methyl/N-ethyl adjacent to an activating group) is 1. The van der Waals surface area contributed by atoms with Gasteiger partial charge in [-0.3, -0.25) is 4.79 Å². The van der Waals surface area contributed by atoms with Crippen LogP contribution in [0, 0.1) is 11.3 Å². The predicted octanol–water partition coefficient (Wildman–Crippen LogP) is 0.920. The lowest BCUT2D eigenvalue weighted by Crippen LogP contribution is -2.37. The van der Waals surface area contributed by atoms with Crippen LogP contribution in [0.15, 0.2) is 0 Å². The molecule has 0 fully saturated rings. The fraction of sp³-hybridized carbons (Fsp3) is 0.700. The lowest BCUT2D eigenvalue weighted by atomic mass is 10.2. The molecule has 6 heteroatoms. The molecule has 0 aliphatic heterocycles. The monoisotopic (exact) mass is 228 g/mol. The Balaban J connectivity index is 4.06. The molecule has 0 aliphatic rings. The van der Waals surface area contributed by atoms with Crippen LogP contribution in [0.1, 0.15) is 20.8 Å². The van der Waals surface area contributed by atoms with Crippen LogP contribution in [0.4, 0.5) is 4.79 Å². The fourth-order valence-corrected chi connectivity index (χ4v) is 0.756. The van der Waals surface area contributed by atoms with E-state index in [-0.39, 0.29) is 13.2 Å². The lowest BCUT2D eigenvalue weighted by molar-refractivity contribution is -0.143. The van der Waals surface area contributed by atoms with Crippen LogP contribution in [0.25, 0.3) is 0 Å². The molecular formula is C10H16N2O4. The molecule has 0 aromatic rings. The molecule has 16 heavy (non-hydrogen) atoms. The molecule has 6 nitrogen and oxygen atoms in total. The summed E-state index contributed by atoms with van der Waals surface area (Å²) in [6.45, 7) is 4.63. The van der Waals surface area contributed by atoms with Gasteiger partial charge in [0.15, 0.2) is 6.61 Å². The number of ether oxygens (including phenoxy) is 2. The number of hydrogen-bond donors (Lipinski definition) is 0. The number of rotatable bonds is 3. The van der Waals surface area contributed by atoms with Gasteiger partial charge in [-0.25, -0.2) is 4.79 Å². The normalized spacial score (nSPS) is 10.2. The van der Waals surface area contributed by atoms with Crippen molar-refractivity contribution in [2.45, 2.75) is 26.4 Å². The second-order valence-electron chi connectivity index (χ2n) is 4.16. The molecule has 0 unspecified atom stereocenters. The maximum atomic E-state index is 11.4. The topological polar surface area (TPSA) is 79.6 Å². The van der Waals surface area contributed by atoms with Crippen molar-refractivity contribution >= 4 is 12.1 Å². The van der Waals surface area contributed by atoms with Gasteiger partial charge in [0.2, 0.25) is 0 Å². The first-order chi connectivity index (χ1) is 7.26. The minimum atomic E-state index is -0.644. The molecular weight excluding hydrogens is 212 g/mol. The third-order valence-electron chi connectivity index (χ3n) is 1.37. The van der Waals surface area contributed by atoms with E-state index >= 15 is 0 Å². The first-order valence-electron chi connectivity index (χ1n) is 4.73. The third kappa shape index (κ3) is 6.65. The van der Waals surface area contributed by atoms with Gasteiger partial charge in [0.1, 0.15) is 18.2 Å². The van der Waals surface area contributed by atoms with Crippen molar-refractivity contribution in [2.24, 2.45) is 0 Å². The van der Waals surface area contributed by atoms with Crippen molar-refractivity contribution in [1.29, 1.82) is 5.26 Å². The van der Waals surface area contributed by atoms with Gasteiger partial charge in [0, 0.05) is 7.05 Å². The van der Waals surface area contributed by atoms with E-state index in [1.165, 1.54) is 7.05 Å². The molecule has 0 aromatic carbocycles. The summed E-state index contributed by atoms with van der Waals surface area (Å²) in [6, 6.07) is 1.66. The SMILES string of the molecule is CN(CC(=O)OCC#N)C(=O)OC(C)(C)C. The Hall–Kier alpha value is -1.77. The summed E-state index contributed by atoms with van der Waals surface area (Å²) in [5, 5.41) is 8.18. The summed E-state index contributed by atoms with van der Waals surface area (Å²) in [7, 11) is 1.42. The first-order valence-corrected chi connectivity index (χ1v) is 4.73. The van der Waals surface area contributed by atoms with E-state index in [9.17, 15) is 9.59 Å². The smallest absolute Gasteiger partial charge is 0.410 e. The van der Waals surface area contributed by atoms with E-state index in [1.54, 1.807) is 26.8 Å². The van der Waals surface area contributed by atoms with Gasteiger partial charge in [0.25, 0.3) is 0 Å². The molecule has 0 atom stereocenters. The van der Waals surface area contributed by atoms with E-state index in [0.29, 0.717) is 0 Å².